The monoisotopic (exact) mass is 403 g/mol. The lowest BCUT2D eigenvalue weighted by Crippen LogP contribution is -2.27. The van der Waals surface area contributed by atoms with Crippen molar-refractivity contribution in [2.75, 3.05) is 0 Å². The molecular formula is C20H16F3N3O3. The van der Waals surface area contributed by atoms with E-state index in [4.69, 9.17) is 10.5 Å². The number of nitrogens with two attached hydrogens (primary N) is 1. The van der Waals surface area contributed by atoms with Gasteiger partial charge in [0.05, 0.1) is 0 Å². The number of aromatic amines is 1. The molecule has 0 radical (unpaired) electrons. The fourth-order valence-corrected chi connectivity index (χ4v) is 2.77. The molecular weight excluding hydrogens is 387 g/mol. The summed E-state index contributed by atoms with van der Waals surface area (Å²) < 4.78 is 45.9. The lowest BCUT2D eigenvalue weighted by atomic mass is 10.0. The van der Waals surface area contributed by atoms with E-state index < -0.39 is 28.9 Å². The van der Waals surface area contributed by atoms with Gasteiger partial charge in [0.1, 0.15) is 23.1 Å². The van der Waals surface area contributed by atoms with Crippen LogP contribution in [-0.4, -0.2) is 15.9 Å². The summed E-state index contributed by atoms with van der Waals surface area (Å²) in [6.45, 7) is 1.81. The number of H-pyrrole nitrogens is 1. The SMILES string of the molecule is C[C@H](Oc1ccc(-c2cc(C(N)=O)c(=O)[nH]c2C(F)(F)F)cc1)c1cccnc1. The maximum absolute atomic E-state index is 13.4. The Morgan fingerprint density at radius 1 is 1.21 bits per heavy atom. The molecule has 1 aromatic carbocycles. The van der Waals surface area contributed by atoms with Gasteiger partial charge in [-0.25, -0.2) is 0 Å². The van der Waals surface area contributed by atoms with Crippen molar-refractivity contribution in [1.29, 1.82) is 0 Å². The second-order valence-electron chi connectivity index (χ2n) is 6.23. The molecule has 0 saturated heterocycles. The molecule has 2 heterocycles. The summed E-state index contributed by atoms with van der Waals surface area (Å²) in [6, 6.07) is 10.3. The Balaban J connectivity index is 1.96. The highest BCUT2D eigenvalue weighted by molar-refractivity contribution is 5.94. The fraction of sp³-hybridized carbons (Fsp3) is 0.150. The predicted molar refractivity (Wildman–Crippen MR) is 99.3 cm³/mol. The van der Waals surface area contributed by atoms with Crippen molar-refractivity contribution in [3.8, 4) is 16.9 Å². The van der Waals surface area contributed by atoms with Crippen molar-refractivity contribution in [2.24, 2.45) is 5.73 Å². The molecule has 0 unspecified atom stereocenters. The van der Waals surface area contributed by atoms with Gasteiger partial charge in [-0.3, -0.25) is 14.6 Å². The van der Waals surface area contributed by atoms with Crippen LogP contribution in [0.4, 0.5) is 13.2 Å². The van der Waals surface area contributed by atoms with Gasteiger partial charge >= 0.3 is 6.18 Å². The van der Waals surface area contributed by atoms with Gasteiger partial charge in [-0.2, -0.15) is 13.2 Å². The summed E-state index contributed by atoms with van der Waals surface area (Å²) in [6.07, 6.45) is -1.86. The quantitative estimate of drug-likeness (QED) is 0.679. The normalized spacial score (nSPS) is 12.4. The number of halogens is 3. The van der Waals surface area contributed by atoms with Crippen LogP contribution >= 0.6 is 0 Å². The number of ether oxygens (including phenoxy) is 1. The minimum Gasteiger partial charge on any atom is -0.486 e. The Morgan fingerprint density at radius 3 is 2.45 bits per heavy atom. The molecule has 0 aliphatic carbocycles. The maximum Gasteiger partial charge on any atom is 0.431 e. The van der Waals surface area contributed by atoms with Gasteiger partial charge in [0.2, 0.25) is 0 Å². The number of rotatable bonds is 5. The van der Waals surface area contributed by atoms with Gasteiger partial charge in [0.15, 0.2) is 0 Å². The van der Waals surface area contributed by atoms with Crippen molar-refractivity contribution < 1.29 is 22.7 Å². The number of hydrogen-bond acceptors (Lipinski definition) is 4. The number of nitrogens with one attached hydrogen (secondary N) is 1. The van der Waals surface area contributed by atoms with E-state index in [2.05, 4.69) is 4.98 Å². The number of carbonyl (C=O) groups excluding carboxylic acids is 1. The summed E-state index contributed by atoms with van der Waals surface area (Å²) >= 11 is 0. The average Bonchev–Trinajstić information content (AvgIpc) is 2.68. The van der Waals surface area contributed by atoms with Crippen LogP contribution in [0.1, 0.15) is 34.6 Å². The number of hydrogen-bond donors (Lipinski definition) is 2. The van der Waals surface area contributed by atoms with Gasteiger partial charge in [0, 0.05) is 23.5 Å². The number of pyridine rings is 2. The van der Waals surface area contributed by atoms with Crippen LogP contribution in [0, 0.1) is 0 Å². The average molecular weight is 403 g/mol. The van der Waals surface area contributed by atoms with Crippen LogP contribution in [0.25, 0.3) is 11.1 Å². The Kier molecular flexibility index (Phi) is 5.40. The lowest BCUT2D eigenvalue weighted by molar-refractivity contribution is -0.140. The summed E-state index contributed by atoms with van der Waals surface area (Å²) in [5.74, 6) is -0.690. The first-order chi connectivity index (χ1) is 13.7. The molecule has 3 N–H and O–H groups in total. The van der Waals surface area contributed by atoms with E-state index in [1.165, 1.54) is 24.3 Å². The molecule has 0 aliphatic heterocycles. The smallest absolute Gasteiger partial charge is 0.431 e. The zero-order chi connectivity index (χ0) is 21.2. The Bertz CT molecular complexity index is 1080. The van der Waals surface area contributed by atoms with Gasteiger partial charge in [-0.1, -0.05) is 18.2 Å². The first kappa shape index (κ1) is 20.1. The number of carbonyl (C=O) groups is 1. The Hall–Kier alpha value is -3.62. The minimum atomic E-state index is -4.82. The van der Waals surface area contributed by atoms with Crippen molar-refractivity contribution in [3.63, 3.8) is 0 Å². The van der Waals surface area contributed by atoms with Gasteiger partial charge in [0.25, 0.3) is 11.5 Å². The second kappa shape index (κ2) is 7.78. The summed E-state index contributed by atoms with van der Waals surface area (Å²) in [4.78, 5) is 28.8. The summed E-state index contributed by atoms with van der Waals surface area (Å²) in [5.41, 5.74) is 2.69. The lowest BCUT2D eigenvalue weighted by Gasteiger charge is -2.16. The molecule has 150 valence electrons. The first-order valence-corrected chi connectivity index (χ1v) is 8.48. The van der Waals surface area contributed by atoms with E-state index in [-0.39, 0.29) is 17.2 Å². The van der Waals surface area contributed by atoms with Crippen molar-refractivity contribution in [2.45, 2.75) is 19.2 Å². The first-order valence-electron chi connectivity index (χ1n) is 8.48. The van der Waals surface area contributed by atoms with Gasteiger partial charge in [-0.15, -0.1) is 0 Å². The standard InChI is InChI=1S/C20H16F3N3O3/c1-11(13-3-2-8-25-10-13)29-14-6-4-12(5-7-14)15-9-16(18(24)27)19(28)26-17(15)20(21,22)23/h2-11H,1H3,(H2,24,27)(H,26,28)/t11-/m0/s1. The molecule has 0 fully saturated rings. The maximum atomic E-state index is 13.4. The molecule has 6 nitrogen and oxygen atoms in total. The van der Waals surface area contributed by atoms with E-state index in [0.717, 1.165) is 11.6 Å². The van der Waals surface area contributed by atoms with Gasteiger partial charge in [-0.05, 0) is 36.8 Å². The highest BCUT2D eigenvalue weighted by atomic mass is 19.4. The highest BCUT2D eigenvalue weighted by Gasteiger charge is 2.36. The third-order valence-corrected chi connectivity index (χ3v) is 4.22. The topological polar surface area (TPSA) is 98.1 Å². The molecule has 1 amide bonds. The molecule has 2 aromatic heterocycles. The van der Waals surface area contributed by atoms with Crippen LogP contribution in [0.15, 0.2) is 59.7 Å². The third kappa shape index (κ3) is 4.45. The Labute approximate surface area is 163 Å². The van der Waals surface area contributed by atoms with E-state index in [1.54, 1.807) is 23.4 Å². The van der Waals surface area contributed by atoms with Crippen LogP contribution in [0.3, 0.4) is 0 Å². The molecule has 0 aliphatic rings. The number of nitrogens with zero attached hydrogens (tertiary/aromatic N) is 1. The van der Waals surface area contributed by atoms with Crippen molar-refractivity contribution >= 4 is 5.91 Å². The summed E-state index contributed by atoms with van der Waals surface area (Å²) in [7, 11) is 0. The van der Waals surface area contributed by atoms with Crippen LogP contribution < -0.4 is 16.0 Å². The zero-order valence-corrected chi connectivity index (χ0v) is 15.2. The predicted octanol–water partition coefficient (Wildman–Crippen LogP) is 3.69. The molecule has 29 heavy (non-hydrogen) atoms. The Morgan fingerprint density at radius 2 is 1.90 bits per heavy atom. The third-order valence-electron chi connectivity index (χ3n) is 4.22. The number of aromatic nitrogens is 2. The molecule has 9 heteroatoms. The van der Waals surface area contributed by atoms with Crippen molar-refractivity contribution in [3.05, 3.63) is 82.0 Å². The molecule has 0 saturated carbocycles. The van der Waals surface area contributed by atoms with E-state index >= 15 is 0 Å². The van der Waals surface area contributed by atoms with E-state index in [9.17, 15) is 22.8 Å². The molecule has 3 rings (SSSR count). The summed E-state index contributed by atoms with van der Waals surface area (Å²) in [5, 5.41) is 0. The van der Waals surface area contributed by atoms with Gasteiger partial charge < -0.3 is 15.5 Å². The van der Waals surface area contributed by atoms with Crippen molar-refractivity contribution in [1.82, 2.24) is 9.97 Å². The zero-order valence-electron chi connectivity index (χ0n) is 15.2. The number of primary amides is 1. The molecule has 1 atom stereocenters. The van der Waals surface area contributed by atoms with Crippen LogP contribution in [0.5, 0.6) is 5.75 Å². The van der Waals surface area contributed by atoms with Crippen LogP contribution in [0.2, 0.25) is 0 Å². The second-order valence-corrected chi connectivity index (χ2v) is 6.23. The molecule has 0 bridgehead atoms. The number of alkyl halides is 3. The molecule has 0 spiro atoms. The number of benzene rings is 1. The number of amides is 1. The fourth-order valence-electron chi connectivity index (χ4n) is 2.77. The van der Waals surface area contributed by atoms with Crippen LogP contribution in [-0.2, 0) is 6.18 Å². The molecule has 3 aromatic rings. The van der Waals surface area contributed by atoms with E-state index in [1.807, 2.05) is 13.0 Å². The largest absolute Gasteiger partial charge is 0.486 e. The highest BCUT2D eigenvalue weighted by Crippen LogP contribution is 2.36. The van der Waals surface area contributed by atoms with E-state index in [0.29, 0.717) is 5.75 Å². The minimum absolute atomic E-state index is 0.137.